The zero-order valence-electron chi connectivity index (χ0n) is 5.63. The number of rotatable bonds is 0. The maximum absolute atomic E-state index is 10.8. The van der Waals surface area contributed by atoms with E-state index in [1.165, 1.54) is 0 Å². The van der Waals surface area contributed by atoms with Crippen molar-refractivity contribution in [1.29, 1.82) is 0 Å². The molecular weight excluding hydrogens is 131 g/mol. The van der Waals surface area contributed by atoms with Gasteiger partial charge in [0.05, 0.1) is 0 Å². The van der Waals surface area contributed by atoms with Crippen molar-refractivity contribution in [3.05, 3.63) is 0 Å². The highest BCUT2D eigenvalue weighted by molar-refractivity contribution is 4.39. The van der Waals surface area contributed by atoms with Gasteiger partial charge in [-0.05, 0) is 6.54 Å². The van der Waals surface area contributed by atoms with Gasteiger partial charge in [-0.3, -0.25) is 0 Å². The molecule has 0 saturated heterocycles. The van der Waals surface area contributed by atoms with Crippen LogP contribution in [0.1, 0.15) is 20.3 Å². The molecular formula is C5H12F3N. The van der Waals surface area contributed by atoms with Gasteiger partial charge in [-0.2, -0.15) is 13.2 Å². The molecule has 0 aromatic rings. The smallest absolute Gasteiger partial charge is 0.331 e. The van der Waals surface area contributed by atoms with Crippen LogP contribution < -0.4 is 5.73 Å². The fourth-order valence-corrected chi connectivity index (χ4v) is 0. The summed E-state index contributed by atoms with van der Waals surface area (Å²) in [4.78, 5) is 0. The van der Waals surface area contributed by atoms with Gasteiger partial charge in [-0.25, -0.2) is 0 Å². The number of hydrogen-bond donors (Lipinski definition) is 1. The Morgan fingerprint density at radius 2 is 1.33 bits per heavy atom. The number of hydrogen-bond acceptors (Lipinski definition) is 1. The van der Waals surface area contributed by atoms with Crippen LogP contribution in [0.3, 0.4) is 0 Å². The minimum absolute atomic E-state index is 0.729. The monoisotopic (exact) mass is 143 g/mol. The van der Waals surface area contributed by atoms with Gasteiger partial charge in [-0.15, -0.1) is 0 Å². The molecule has 0 spiro atoms. The molecule has 0 aromatic heterocycles. The summed E-state index contributed by atoms with van der Waals surface area (Å²) in [7, 11) is 0. The van der Waals surface area contributed by atoms with Crippen molar-refractivity contribution in [2.75, 3.05) is 6.54 Å². The molecule has 2 N–H and O–H groups in total. The first-order valence-electron chi connectivity index (χ1n) is 2.74. The lowest BCUT2D eigenvalue weighted by molar-refractivity contribution is -0.130. The highest BCUT2D eigenvalue weighted by atomic mass is 19.4. The van der Waals surface area contributed by atoms with E-state index in [1.54, 1.807) is 0 Å². The molecule has 0 radical (unpaired) electrons. The van der Waals surface area contributed by atoms with Gasteiger partial charge in [0.15, 0.2) is 0 Å². The molecule has 0 aromatic carbocycles. The summed E-state index contributed by atoms with van der Waals surface area (Å²) < 4.78 is 32.4. The first-order valence-corrected chi connectivity index (χ1v) is 2.74. The van der Waals surface area contributed by atoms with Gasteiger partial charge in [0, 0.05) is 6.42 Å². The van der Waals surface area contributed by atoms with Crippen LogP contribution in [0.2, 0.25) is 0 Å². The van der Waals surface area contributed by atoms with Crippen LogP contribution >= 0.6 is 0 Å². The van der Waals surface area contributed by atoms with E-state index in [1.807, 2.05) is 6.92 Å². The molecule has 0 saturated carbocycles. The highest BCUT2D eigenvalue weighted by Gasteiger charge is 2.22. The molecule has 0 heterocycles. The van der Waals surface area contributed by atoms with Crippen molar-refractivity contribution >= 4 is 0 Å². The lowest BCUT2D eigenvalue weighted by atomic mass is 10.5. The van der Waals surface area contributed by atoms with Gasteiger partial charge in [-0.1, -0.05) is 13.8 Å². The van der Waals surface area contributed by atoms with E-state index >= 15 is 0 Å². The van der Waals surface area contributed by atoms with Gasteiger partial charge in [0.2, 0.25) is 0 Å². The van der Waals surface area contributed by atoms with E-state index in [4.69, 9.17) is 5.73 Å². The lowest BCUT2D eigenvalue weighted by Gasteiger charge is -1.96. The topological polar surface area (TPSA) is 26.0 Å². The second-order valence-electron chi connectivity index (χ2n) is 1.38. The third-order valence-corrected chi connectivity index (χ3v) is 0.401. The van der Waals surface area contributed by atoms with Crippen molar-refractivity contribution < 1.29 is 13.2 Å². The van der Waals surface area contributed by atoms with Crippen molar-refractivity contribution in [2.45, 2.75) is 26.4 Å². The minimum Gasteiger partial charge on any atom is -0.331 e. The van der Waals surface area contributed by atoms with Gasteiger partial charge >= 0.3 is 6.18 Å². The third-order valence-electron chi connectivity index (χ3n) is 0.401. The Hall–Kier alpha value is -0.250. The van der Waals surface area contributed by atoms with Crippen LogP contribution in [0, 0.1) is 0 Å². The maximum atomic E-state index is 10.8. The summed E-state index contributed by atoms with van der Waals surface area (Å²) in [6.45, 7) is 3.74. The molecule has 58 valence electrons. The molecule has 0 aliphatic rings. The Kier molecular flexibility index (Phi) is 7.53. The number of halogens is 3. The Morgan fingerprint density at radius 3 is 1.33 bits per heavy atom. The second-order valence-corrected chi connectivity index (χ2v) is 1.38. The number of nitrogens with two attached hydrogens (primary N) is 1. The Bertz CT molecular complexity index is 50.7. The second kappa shape index (κ2) is 5.88. The molecule has 9 heavy (non-hydrogen) atoms. The van der Waals surface area contributed by atoms with Crippen LogP contribution in [-0.4, -0.2) is 12.7 Å². The van der Waals surface area contributed by atoms with Crippen molar-refractivity contribution in [3.8, 4) is 0 Å². The van der Waals surface area contributed by atoms with Crippen LogP contribution in [0.25, 0.3) is 0 Å². The van der Waals surface area contributed by atoms with Gasteiger partial charge < -0.3 is 5.73 Å². The van der Waals surface area contributed by atoms with E-state index in [2.05, 4.69) is 0 Å². The summed E-state index contributed by atoms with van der Waals surface area (Å²) >= 11 is 0. The molecule has 0 aliphatic heterocycles. The lowest BCUT2D eigenvalue weighted by Crippen LogP contribution is -2.02. The van der Waals surface area contributed by atoms with E-state index in [0.717, 1.165) is 13.5 Å². The fourth-order valence-electron chi connectivity index (χ4n) is 0. The summed E-state index contributed by atoms with van der Waals surface area (Å²) in [6.07, 6.45) is -4.69. The summed E-state index contributed by atoms with van der Waals surface area (Å²) in [5.41, 5.74) is 4.85. The zero-order chi connectivity index (χ0) is 7.91. The molecule has 0 rings (SSSR count). The molecule has 0 amide bonds. The normalized spacial score (nSPS) is 10.0. The predicted molar refractivity (Wildman–Crippen MR) is 31.1 cm³/mol. The zero-order valence-corrected chi connectivity index (χ0v) is 5.63. The standard InChI is InChI=1S/C3H5F3.C2H7N/c1-2-3(4,5)6;1-2-3/h2H2,1H3;2-3H2,1H3. The van der Waals surface area contributed by atoms with Gasteiger partial charge in [0.1, 0.15) is 0 Å². The first-order chi connectivity index (χ1) is 3.97. The first kappa shape index (κ1) is 11.5. The summed E-state index contributed by atoms with van der Waals surface area (Å²) in [5.74, 6) is 0. The highest BCUT2D eigenvalue weighted by Crippen LogP contribution is 2.17. The van der Waals surface area contributed by atoms with Crippen molar-refractivity contribution in [1.82, 2.24) is 0 Å². The Labute approximate surface area is 53.0 Å². The minimum atomic E-state index is -3.96. The largest absolute Gasteiger partial charge is 0.388 e. The van der Waals surface area contributed by atoms with Crippen LogP contribution in [0.4, 0.5) is 13.2 Å². The summed E-state index contributed by atoms with van der Waals surface area (Å²) in [6, 6.07) is 0. The van der Waals surface area contributed by atoms with Gasteiger partial charge in [0.25, 0.3) is 0 Å². The van der Waals surface area contributed by atoms with Crippen molar-refractivity contribution in [2.24, 2.45) is 5.73 Å². The van der Waals surface area contributed by atoms with Crippen LogP contribution in [0.15, 0.2) is 0 Å². The molecule has 0 unspecified atom stereocenters. The average Bonchev–Trinajstić information content (AvgIpc) is 1.67. The van der Waals surface area contributed by atoms with Crippen molar-refractivity contribution in [3.63, 3.8) is 0 Å². The summed E-state index contributed by atoms with van der Waals surface area (Å²) in [5, 5.41) is 0. The van der Waals surface area contributed by atoms with E-state index < -0.39 is 12.6 Å². The van der Waals surface area contributed by atoms with Crippen LogP contribution in [0.5, 0.6) is 0 Å². The maximum Gasteiger partial charge on any atom is 0.388 e. The molecule has 0 aliphatic carbocycles. The molecule has 0 bridgehead atoms. The molecule has 0 atom stereocenters. The molecule has 0 fully saturated rings. The molecule has 1 nitrogen and oxygen atoms in total. The van der Waals surface area contributed by atoms with E-state index in [-0.39, 0.29) is 0 Å². The molecule has 4 heteroatoms. The number of alkyl halides is 3. The Balaban J connectivity index is 0. The Morgan fingerprint density at radius 1 is 1.22 bits per heavy atom. The predicted octanol–water partition coefficient (Wildman–Crippen LogP) is 1.92. The van der Waals surface area contributed by atoms with Crippen LogP contribution in [-0.2, 0) is 0 Å². The average molecular weight is 143 g/mol. The quantitative estimate of drug-likeness (QED) is 0.550. The third kappa shape index (κ3) is 33.9. The fraction of sp³-hybridized carbons (Fsp3) is 1.00. The van der Waals surface area contributed by atoms with E-state index in [0.29, 0.717) is 0 Å². The van der Waals surface area contributed by atoms with E-state index in [9.17, 15) is 13.2 Å². The SMILES string of the molecule is CCC(F)(F)F.CCN.